The number of Topliss-reactive ketones (excluding diaryl/α,β-unsaturated/α-hetero) is 1. The summed E-state index contributed by atoms with van der Waals surface area (Å²) in [5.41, 5.74) is 0.319. The second-order valence-corrected chi connectivity index (χ2v) is 3.99. The zero-order chi connectivity index (χ0) is 11.3. The molecule has 0 amide bonds. The molecule has 0 bridgehead atoms. The van der Waals surface area contributed by atoms with E-state index >= 15 is 0 Å². The first kappa shape index (κ1) is 12.5. The minimum atomic E-state index is -0.962. The van der Waals surface area contributed by atoms with E-state index in [1.807, 2.05) is 0 Å². The number of hydrogen-bond donors (Lipinski definition) is 0. The number of halogens is 3. The number of carbonyl (C=O) groups is 1. The third-order valence-corrected chi connectivity index (χ3v) is 2.41. The monoisotopic (exact) mass is 294 g/mol. The van der Waals surface area contributed by atoms with Crippen molar-refractivity contribution in [3.63, 3.8) is 0 Å². The Balaban J connectivity index is 3.00. The van der Waals surface area contributed by atoms with Crippen LogP contribution in [-0.4, -0.2) is 18.0 Å². The molecule has 0 fully saturated rings. The smallest absolute Gasteiger partial charge is 0.228 e. The molecule has 0 unspecified atom stereocenters. The molecule has 0 saturated carbocycles. The normalized spacial score (nSPS) is 10.1. The Hall–Kier alpha value is -0.610. The van der Waals surface area contributed by atoms with Crippen molar-refractivity contribution in [3.05, 3.63) is 28.8 Å². The lowest BCUT2D eigenvalue weighted by Crippen LogP contribution is -2.04. The summed E-state index contributed by atoms with van der Waals surface area (Å²) in [6, 6.07) is 4.53. The highest BCUT2D eigenvalue weighted by atomic mass is 79.9. The molecule has 1 aromatic carbocycles. The van der Waals surface area contributed by atoms with E-state index in [0.29, 0.717) is 22.3 Å². The summed E-state index contributed by atoms with van der Waals surface area (Å²) in [7, 11) is 0. The van der Waals surface area contributed by atoms with Crippen LogP contribution in [0.4, 0.5) is 4.39 Å². The fraction of sp³-hybridized carbons (Fsp3) is 0.300. The predicted molar refractivity (Wildman–Crippen MR) is 60.8 cm³/mol. The minimum Gasteiger partial charge on any atom is -0.462 e. The zero-order valence-corrected chi connectivity index (χ0v) is 10.1. The zero-order valence-electron chi connectivity index (χ0n) is 7.80. The van der Waals surface area contributed by atoms with Gasteiger partial charge in [-0.15, -0.1) is 0 Å². The predicted octanol–water partition coefficient (Wildman–Crippen LogP) is 3.61. The van der Waals surface area contributed by atoms with Crippen molar-refractivity contribution in [2.24, 2.45) is 0 Å². The van der Waals surface area contributed by atoms with Gasteiger partial charge in [-0.2, -0.15) is 0 Å². The number of rotatable bonds is 5. The van der Waals surface area contributed by atoms with Crippen molar-refractivity contribution >= 4 is 33.3 Å². The maximum Gasteiger partial charge on any atom is 0.228 e. The summed E-state index contributed by atoms with van der Waals surface area (Å²) in [5.74, 6) is 0.102. The summed E-state index contributed by atoms with van der Waals surface area (Å²) in [5, 5.41) is 0.979. The topological polar surface area (TPSA) is 26.3 Å². The van der Waals surface area contributed by atoms with Gasteiger partial charge >= 0.3 is 0 Å². The van der Waals surface area contributed by atoms with Crippen LogP contribution in [0.1, 0.15) is 16.8 Å². The van der Waals surface area contributed by atoms with Crippen molar-refractivity contribution in [1.82, 2.24) is 0 Å². The van der Waals surface area contributed by atoms with Gasteiger partial charge in [0.25, 0.3) is 0 Å². The molecular weight excluding hydrogens is 286 g/mol. The first-order chi connectivity index (χ1) is 7.19. The quantitative estimate of drug-likeness (QED) is 0.613. The van der Waals surface area contributed by atoms with Crippen LogP contribution >= 0.6 is 27.5 Å². The van der Waals surface area contributed by atoms with E-state index in [4.69, 9.17) is 16.3 Å². The summed E-state index contributed by atoms with van der Waals surface area (Å²) in [6.07, 6.45) is 0.322. The maximum absolute atomic E-state index is 12.0. The summed E-state index contributed by atoms with van der Waals surface area (Å²) in [6.45, 7) is -0.962. The van der Waals surface area contributed by atoms with Gasteiger partial charge in [-0.3, -0.25) is 4.79 Å². The van der Waals surface area contributed by atoms with Crippen molar-refractivity contribution < 1.29 is 13.9 Å². The molecule has 82 valence electrons. The van der Waals surface area contributed by atoms with Gasteiger partial charge in [-0.05, 0) is 18.2 Å². The number of hydrogen-bond acceptors (Lipinski definition) is 2. The Bertz CT molecular complexity index is 357. The van der Waals surface area contributed by atoms with E-state index in [1.54, 1.807) is 6.07 Å². The standard InChI is InChI=1S/C10H9BrClFO2/c11-4-3-9(14)8-5-7(12)1-2-10(8)15-6-13/h1-2,5H,3-4,6H2. The Labute approximate surface area is 101 Å². The SMILES string of the molecule is O=C(CCBr)c1cc(Cl)ccc1OCF. The fourth-order valence-electron chi connectivity index (χ4n) is 1.13. The van der Waals surface area contributed by atoms with Crippen LogP contribution in [0.2, 0.25) is 5.02 Å². The molecule has 0 aromatic heterocycles. The van der Waals surface area contributed by atoms with Crippen molar-refractivity contribution in [2.75, 3.05) is 12.2 Å². The van der Waals surface area contributed by atoms with Crippen molar-refractivity contribution in [2.45, 2.75) is 6.42 Å². The molecule has 5 heteroatoms. The highest BCUT2D eigenvalue weighted by Gasteiger charge is 2.12. The number of carbonyl (C=O) groups excluding carboxylic acids is 1. The highest BCUT2D eigenvalue weighted by Crippen LogP contribution is 2.24. The van der Waals surface area contributed by atoms with Crippen LogP contribution in [0.15, 0.2) is 18.2 Å². The van der Waals surface area contributed by atoms with Gasteiger partial charge < -0.3 is 4.74 Å². The van der Waals surface area contributed by atoms with E-state index in [-0.39, 0.29) is 11.5 Å². The molecule has 1 rings (SSSR count). The van der Waals surface area contributed by atoms with E-state index in [1.165, 1.54) is 12.1 Å². The summed E-state index contributed by atoms with van der Waals surface area (Å²) >= 11 is 8.91. The van der Waals surface area contributed by atoms with Gasteiger partial charge in [0, 0.05) is 16.8 Å². The van der Waals surface area contributed by atoms with Crippen molar-refractivity contribution in [1.29, 1.82) is 0 Å². The molecule has 0 atom stereocenters. The number of alkyl halides is 2. The Morgan fingerprint density at radius 3 is 2.87 bits per heavy atom. The third kappa shape index (κ3) is 3.47. The molecule has 2 nitrogen and oxygen atoms in total. The van der Waals surface area contributed by atoms with E-state index < -0.39 is 6.86 Å². The Morgan fingerprint density at radius 2 is 2.27 bits per heavy atom. The van der Waals surface area contributed by atoms with Crippen LogP contribution < -0.4 is 4.74 Å². The summed E-state index contributed by atoms with van der Waals surface area (Å²) in [4.78, 5) is 11.6. The second kappa shape index (κ2) is 6.08. The van der Waals surface area contributed by atoms with Crippen LogP contribution in [0.25, 0.3) is 0 Å². The average molecular weight is 296 g/mol. The van der Waals surface area contributed by atoms with Crippen molar-refractivity contribution in [3.8, 4) is 5.75 Å². The third-order valence-electron chi connectivity index (χ3n) is 1.77. The molecule has 0 aliphatic carbocycles. The van der Waals surface area contributed by atoms with Gasteiger partial charge in [0.15, 0.2) is 5.78 Å². The van der Waals surface area contributed by atoms with Gasteiger partial charge in [0.1, 0.15) is 5.75 Å². The molecule has 0 aliphatic heterocycles. The van der Waals surface area contributed by atoms with Crippen LogP contribution in [0, 0.1) is 0 Å². The molecule has 0 saturated heterocycles. The lowest BCUT2D eigenvalue weighted by molar-refractivity contribution is 0.0982. The molecular formula is C10H9BrClFO2. The molecule has 0 spiro atoms. The summed E-state index contributed by atoms with van der Waals surface area (Å²) < 4.78 is 16.7. The van der Waals surface area contributed by atoms with E-state index in [9.17, 15) is 9.18 Å². The highest BCUT2D eigenvalue weighted by molar-refractivity contribution is 9.09. The maximum atomic E-state index is 12.0. The Kier molecular flexibility index (Phi) is 5.05. The fourth-order valence-corrected chi connectivity index (χ4v) is 1.66. The first-order valence-electron chi connectivity index (χ1n) is 4.26. The van der Waals surface area contributed by atoms with Crippen LogP contribution in [0.3, 0.4) is 0 Å². The molecule has 0 radical (unpaired) electrons. The molecule has 1 aromatic rings. The van der Waals surface area contributed by atoms with E-state index in [2.05, 4.69) is 15.9 Å². The lowest BCUT2D eigenvalue weighted by atomic mass is 10.1. The molecule has 15 heavy (non-hydrogen) atoms. The Morgan fingerprint density at radius 1 is 1.53 bits per heavy atom. The number of benzene rings is 1. The average Bonchev–Trinajstić information content (AvgIpc) is 2.21. The number of ether oxygens (including phenoxy) is 1. The van der Waals surface area contributed by atoms with Gasteiger partial charge in [-0.25, -0.2) is 4.39 Å². The van der Waals surface area contributed by atoms with E-state index in [0.717, 1.165) is 0 Å². The largest absolute Gasteiger partial charge is 0.462 e. The van der Waals surface area contributed by atoms with Gasteiger partial charge in [0.05, 0.1) is 5.56 Å². The van der Waals surface area contributed by atoms with Crippen LogP contribution in [-0.2, 0) is 0 Å². The van der Waals surface area contributed by atoms with Gasteiger partial charge in [-0.1, -0.05) is 27.5 Å². The van der Waals surface area contributed by atoms with Gasteiger partial charge in [0.2, 0.25) is 6.86 Å². The molecule has 0 aliphatic rings. The molecule has 0 N–H and O–H groups in total. The minimum absolute atomic E-state index is 0.127. The number of ketones is 1. The van der Waals surface area contributed by atoms with Crippen LogP contribution in [0.5, 0.6) is 5.75 Å². The molecule has 0 heterocycles. The lowest BCUT2D eigenvalue weighted by Gasteiger charge is -2.07. The first-order valence-corrected chi connectivity index (χ1v) is 5.76. The second-order valence-electron chi connectivity index (χ2n) is 2.76.